The Morgan fingerprint density at radius 3 is 2.93 bits per heavy atom. The lowest BCUT2D eigenvalue weighted by atomic mass is 10.1. The minimum absolute atomic E-state index is 0.0284. The summed E-state index contributed by atoms with van der Waals surface area (Å²) in [5.41, 5.74) is 3.33. The van der Waals surface area contributed by atoms with Gasteiger partial charge in [0.2, 0.25) is 0 Å². The molecule has 0 bridgehead atoms. The quantitative estimate of drug-likeness (QED) is 0.756. The van der Waals surface area contributed by atoms with Gasteiger partial charge >= 0.3 is 0 Å². The highest BCUT2D eigenvalue weighted by molar-refractivity contribution is 5.93. The number of benzene rings is 1. The van der Waals surface area contributed by atoms with Gasteiger partial charge in [0.25, 0.3) is 5.91 Å². The second-order valence-corrected chi connectivity index (χ2v) is 6.72. The molecule has 1 fully saturated rings. The van der Waals surface area contributed by atoms with Crippen LogP contribution < -0.4 is 0 Å². The normalized spacial score (nSPS) is 17.0. The first-order valence-corrected chi connectivity index (χ1v) is 9.20. The predicted octanol–water partition coefficient (Wildman–Crippen LogP) is 3.29. The summed E-state index contributed by atoms with van der Waals surface area (Å²) in [4.78, 5) is 18.8. The van der Waals surface area contributed by atoms with Crippen LogP contribution in [0.3, 0.4) is 0 Å². The molecule has 3 heterocycles. The second kappa shape index (κ2) is 8.14. The first-order chi connectivity index (χ1) is 13.3. The van der Waals surface area contributed by atoms with E-state index in [0.717, 1.165) is 36.2 Å². The van der Waals surface area contributed by atoms with Gasteiger partial charge in [-0.05, 0) is 30.5 Å². The number of nitrogens with zero attached hydrogens (tertiary/aromatic N) is 3. The van der Waals surface area contributed by atoms with E-state index in [-0.39, 0.29) is 12.0 Å². The van der Waals surface area contributed by atoms with Gasteiger partial charge in [-0.25, -0.2) is 0 Å². The summed E-state index contributed by atoms with van der Waals surface area (Å²) in [6.45, 7) is 1.85. The molecule has 1 saturated heterocycles. The van der Waals surface area contributed by atoms with Crippen LogP contribution in [0.2, 0.25) is 0 Å². The molecule has 0 spiro atoms. The van der Waals surface area contributed by atoms with Crippen LogP contribution in [0.4, 0.5) is 0 Å². The number of piperidine rings is 1. The molecular formula is C21H22N4O2. The van der Waals surface area contributed by atoms with Crippen molar-refractivity contribution in [3.05, 3.63) is 72.2 Å². The molecule has 1 unspecified atom stereocenters. The zero-order chi connectivity index (χ0) is 18.5. The minimum Gasteiger partial charge on any atom is -0.372 e. The fourth-order valence-corrected chi connectivity index (χ4v) is 3.31. The highest BCUT2D eigenvalue weighted by atomic mass is 16.5. The first-order valence-electron chi connectivity index (χ1n) is 9.20. The van der Waals surface area contributed by atoms with Gasteiger partial charge in [0.1, 0.15) is 5.69 Å². The number of amides is 1. The summed E-state index contributed by atoms with van der Waals surface area (Å²) < 4.78 is 6.00. The molecular weight excluding hydrogens is 340 g/mol. The molecule has 1 atom stereocenters. The SMILES string of the molecule is O=C(c1cc(-c2ccccc2)n[nH]1)N1CCCC(OCc2cccnc2)C1. The number of ether oxygens (including phenoxy) is 1. The Morgan fingerprint density at radius 2 is 2.11 bits per heavy atom. The summed E-state index contributed by atoms with van der Waals surface area (Å²) in [6, 6.07) is 15.5. The Bertz CT molecular complexity index is 879. The van der Waals surface area contributed by atoms with Crippen molar-refractivity contribution in [1.82, 2.24) is 20.1 Å². The lowest BCUT2D eigenvalue weighted by Gasteiger charge is -2.32. The maximum atomic E-state index is 12.9. The molecule has 0 radical (unpaired) electrons. The molecule has 27 heavy (non-hydrogen) atoms. The van der Waals surface area contributed by atoms with E-state index < -0.39 is 0 Å². The van der Waals surface area contributed by atoms with E-state index >= 15 is 0 Å². The van der Waals surface area contributed by atoms with Gasteiger partial charge in [-0.2, -0.15) is 5.10 Å². The number of aromatic amines is 1. The molecule has 3 aromatic rings. The van der Waals surface area contributed by atoms with E-state index in [0.29, 0.717) is 18.8 Å². The predicted molar refractivity (Wildman–Crippen MR) is 102 cm³/mol. The minimum atomic E-state index is -0.0284. The number of carbonyl (C=O) groups excluding carboxylic acids is 1. The van der Waals surface area contributed by atoms with Crippen LogP contribution in [-0.2, 0) is 11.3 Å². The van der Waals surface area contributed by atoms with Gasteiger partial charge < -0.3 is 9.64 Å². The van der Waals surface area contributed by atoms with Crippen molar-refractivity contribution in [2.75, 3.05) is 13.1 Å². The van der Waals surface area contributed by atoms with Crippen LogP contribution >= 0.6 is 0 Å². The number of likely N-dealkylation sites (tertiary alicyclic amines) is 1. The van der Waals surface area contributed by atoms with Crippen LogP contribution in [0.1, 0.15) is 28.9 Å². The van der Waals surface area contributed by atoms with Crippen molar-refractivity contribution in [2.45, 2.75) is 25.6 Å². The van der Waals surface area contributed by atoms with Crippen LogP contribution in [0.25, 0.3) is 11.3 Å². The molecule has 138 valence electrons. The van der Waals surface area contributed by atoms with Crippen molar-refractivity contribution in [1.29, 1.82) is 0 Å². The molecule has 1 aliphatic heterocycles. The van der Waals surface area contributed by atoms with Crippen molar-refractivity contribution in [2.24, 2.45) is 0 Å². The van der Waals surface area contributed by atoms with Crippen molar-refractivity contribution < 1.29 is 9.53 Å². The third kappa shape index (κ3) is 4.23. The molecule has 6 nitrogen and oxygen atoms in total. The maximum absolute atomic E-state index is 12.9. The smallest absolute Gasteiger partial charge is 0.271 e. The fraction of sp³-hybridized carbons (Fsp3) is 0.286. The van der Waals surface area contributed by atoms with Gasteiger partial charge in [-0.15, -0.1) is 0 Å². The van der Waals surface area contributed by atoms with E-state index in [2.05, 4.69) is 15.2 Å². The molecule has 2 aromatic heterocycles. The Balaban J connectivity index is 1.38. The zero-order valence-corrected chi connectivity index (χ0v) is 15.0. The molecule has 1 aromatic carbocycles. The number of hydrogen-bond donors (Lipinski definition) is 1. The first kappa shape index (κ1) is 17.4. The summed E-state index contributed by atoms with van der Waals surface area (Å²) in [5, 5.41) is 7.17. The molecule has 6 heteroatoms. The number of nitrogens with one attached hydrogen (secondary N) is 1. The fourth-order valence-electron chi connectivity index (χ4n) is 3.31. The van der Waals surface area contributed by atoms with Crippen LogP contribution in [0.15, 0.2) is 60.9 Å². The Morgan fingerprint density at radius 1 is 1.22 bits per heavy atom. The van der Waals surface area contributed by atoms with E-state index in [1.54, 1.807) is 6.20 Å². The van der Waals surface area contributed by atoms with E-state index in [1.807, 2.05) is 59.6 Å². The number of aromatic nitrogens is 3. The number of H-pyrrole nitrogens is 1. The second-order valence-electron chi connectivity index (χ2n) is 6.72. The summed E-state index contributed by atoms with van der Waals surface area (Å²) in [6.07, 6.45) is 5.49. The summed E-state index contributed by atoms with van der Waals surface area (Å²) >= 11 is 0. The molecule has 0 saturated carbocycles. The largest absolute Gasteiger partial charge is 0.372 e. The van der Waals surface area contributed by atoms with Crippen molar-refractivity contribution in [3.63, 3.8) is 0 Å². The maximum Gasteiger partial charge on any atom is 0.271 e. The third-order valence-corrected chi connectivity index (χ3v) is 4.75. The van der Waals surface area contributed by atoms with Gasteiger partial charge in [0.05, 0.1) is 18.4 Å². The van der Waals surface area contributed by atoms with Gasteiger partial charge in [-0.1, -0.05) is 36.4 Å². The Kier molecular flexibility index (Phi) is 5.25. The highest BCUT2D eigenvalue weighted by Crippen LogP contribution is 2.20. The number of rotatable bonds is 5. The van der Waals surface area contributed by atoms with E-state index in [9.17, 15) is 4.79 Å². The number of hydrogen-bond acceptors (Lipinski definition) is 4. The molecule has 4 rings (SSSR count). The van der Waals surface area contributed by atoms with Gasteiger partial charge in [-0.3, -0.25) is 14.9 Å². The van der Waals surface area contributed by atoms with Crippen LogP contribution in [0, 0.1) is 0 Å². The number of carbonyl (C=O) groups is 1. The lowest BCUT2D eigenvalue weighted by Crippen LogP contribution is -2.43. The molecule has 0 aliphatic carbocycles. The average Bonchev–Trinajstić information content (AvgIpc) is 3.24. The van der Waals surface area contributed by atoms with Gasteiger partial charge in [0, 0.05) is 31.0 Å². The molecule has 1 N–H and O–H groups in total. The Labute approximate surface area is 158 Å². The summed E-state index contributed by atoms with van der Waals surface area (Å²) in [7, 11) is 0. The van der Waals surface area contributed by atoms with Crippen LogP contribution in [0.5, 0.6) is 0 Å². The standard InChI is InChI=1S/C21H22N4O2/c26-21(20-12-19(23-24-20)17-7-2-1-3-8-17)25-11-5-9-18(14-25)27-15-16-6-4-10-22-13-16/h1-4,6-8,10,12-13,18H,5,9,11,14-15H2,(H,23,24). The van der Waals surface area contributed by atoms with Crippen molar-refractivity contribution >= 4 is 5.91 Å². The third-order valence-electron chi connectivity index (χ3n) is 4.75. The molecule has 1 aliphatic rings. The monoisotopic (exact) mass is 362 g/mol. The van der Waals surface area contributed by atoms with Gasteiger partial charge in [0.15, 0.2) is 0 Å². The van der Waals surface area contributed by atoms with Crippen LogP contribution in [-0.4, -0.2) is 45.2 Å². The molecule has 1 amide bonds. The average molecular weight is 362 g/mol. The van der Waals surface area contributed by atoms with Crippen molar-refractivity contribution in [3.8, 4) is 11.3 Å². The Hall–Kier alpha value is -2.99. The van der Waals surface area contributed by atoms with E-state index in [4.69, 9.17) is 4.74 Å². The highest BCUT2D eigenvalue weighted by Gasteiger charge is 2.26. The zero-order valence-electron chi connectivity index (χ0n) is 15.0. The van der Waals surface area contributed by atoms with E-state index in [1.165, 1.54) is 0 Å². The number of pyridine rings is 1. The summed E-state index contributed by atoms with van der Waals surface area (Å²) in [5.74, 6) is -0.0284. The lowest BCUT2D eigenvalue weighted by molar-refractivity contribution is -0.00697. The topological polar surface area (TPSA) is 71.1 Å².